The number of carbonyl (C=O) groups excluding carboxylic acids is 1. The Labute approximate surface area is 148 Å². The van der Waals surface area contributed by atoms with E-state index in [0.29, 0.717) is 25.6 Å². The molecule has 2 aromatic heterocycles. The Bertz CT molecular complexity index is 727. The highest BCUT2D eigenvalue weighted by molar-refractivity contribution is 5.76. The van der Waals surface area contributed by atoms with Gasteiger partial charge in [-0.15, -0.1) is 0 Å². The first kappa shape index (κ1) is 17.6. The van der Waals surface area contributed by atoms with Crippen LogP contribution in [0.4, 0.5) is 0 Å². The molecular formula is C19H26N4O2. The van der Waals surface area contributed by atoms with Crippen molar-refractivity contribution in [3.05, 3.63) is 47.0 Å². The zero-order valence-electron chi connectivity index (χ0n) is 15.2. The molecule has 0 saturated carbocycles. The third kappa shape index (κ3) is 4.25. The summed E-state index contributed by atoms with van der Waals surface area (Å²) < 4.78 is 7.48. The fraction of sp³-hybridized carbons (Fsp3) is 0.526. The number of hydrogen-bond acceptors (Lipinski definition) is 4. The molecule has 6 heteroatoms. The van der Waals surface area contributed by atoms with Crippen LogP contribution in [0.15, 0.2) is 24.5 Å². The highest BCUT2D eigenvalue weighted by Gasteiger charge is 2.29. The molecule has 134 valence electrons. The number of rotatable bonds is 6. The maximum Gasteiger partial charge on any atom is 0.220 e. The zero-order valence-corrected chi connectivity index (χ0v) is 15.2. The fourth-order valence-corrected chi connectivity index (χ4v) is 3.48. The lowest BCUT2D eigenvalue weighted by Gasteiger charge is -2.19. The van der Waals surface area contributed by atoms with Crippen LogP contribution in [0.1, 0.15) is 28.9 Å². The van der Waals surface area contributed by atoms with Crippen molar-refractivity contribution in [3.8, 4) is 0 Å². The van der Waals surface area contributed by atoms with Gasteiger partial charge in [-0.05, 0) is 49.9 Å². The van der Waals surface area contributed by atoms with E-state index in [2.05, 4.69) is 15.4 Å². The van der Waals surface area contributed by atoms with Crippen LogP contribution in [-0.4, -0.2) is 39.9 Å². The summed E-state index contributed by atoms with van der Waals surface area (Å²) in [6.45, 7) is 5.32. The van der Waals surface area contributed by atoms with Crippen LogP contribution in [0.3, 0.4) is 0 Å². The highest BCUT2D eigenvalue weighted by Crippen LogP contribution is 2.19. The number of ether oxygens (including phenoxy) is 1. The Morgan fingerprint density at radius 3 is 2.76 bits per heavy atom. The lowest BCUT2D eigenvalue weighted by Crippen LogP contribution is -2.40. The average Bonchev–Trinajstić information content (AvgIpc) is 3.11. The van der Waals surface area contributed by atoms with Crippen molar-refractivity contribution >= 4 is 5.91 Å². The molecule has 1 N–H and O–H groups in total. The number of nitrogens with zero attached hydrogens (tertiary/aromatic N) is 3. The molecule has 0 bridgehead atoms. The third-order valence-electron chi connectivity index (χ3n) is 5.05. The van der Waals surface area contributed by atoms with Crippen LogP contribution in [0.5, 0.6) is 0 Å². The smallest absolute Gasteiger partial charge is 0.220 e. The van der Waals surface area contributed by atoms with Crippen molar-refractivity contribution < 1.29 is 9.53 Å². The molecular weight excluding hydrogens is 316 g/mol. The van der Waals surface area contributed by atoms with Gasteiger partial charge in [0.15, 0.2) is 0 Å². The summed E-state index contributed by atoms with van der Waals surface area (Å²) in [4.78, 5) is 16.4. The molecule has 0 spiro atoms. The van der Waals surface area contributed by atoms with Gasteiger partial charge in [-0.25, -0.2) is 0 Å². The van der Waals surface area contributed by atoms with Gasteiger partial charge in [0.2, 0.25) is 5.91 Å². The molecule has 3 rings (SSSR count). The molecule has 0 unspecified atom stereocenters. The number of amides is 1. The van der Waals surface area contributed by atoms with E-state index in [4.69, 9.17) is 4.74 Å². The van der Waals surface area contributed by atoms with E-state index in [0.717, 1.165) is 24.2 Å². The van der Waals surface area contributed by atoms with Gasteiger partial charge < -0.3 is 10.1 Å². The van der Waals surface area contributed by atoms with Crippen LogP contribution in [0, 0.1) is 19.8 Å². The second-order valence-corrected chi connectivity index (χ2v) is 6.80. The number of carbonyl (C=O) groups is 1. The van der Waals surface area contributed by atoms with Gasteiger partial charge in [0, 0.05) is 37.5 Å². The van der Waals surface area contributed by atoms with Crippen LogP contribution in [0.25, 0.3) is 0 Å². The summed E-state index contributed by atoms with van der Waals surface area (Å²) in [5, 5.41) is 7.57. The summed E-state index contributed by atoms with van der Waals surface area (Å²) in [5.41, 5.74) is 4.54. The maximum absolute atomic E-state index is 12.4. The Morgan fingerprint density at radius 1 is 1.32 bits per heavy atom. The van der Waals surface area contributed by atoms with Crippen molar-refractivity contribution in [2.45, 2.75) is 39.2 Å². The van der Waals surface area contributed by atoms with Gasteiger partial charge in [-0.3, -0.25) is 14.5 Å². The summed E-state index contributed by atoms with van der Waals surface area (Å²) in [6.07, 6.45) is 5.70. The maximum atomic E-state index is 12.4. The van der Waals surface area contributed by atoms with Crippen molar-refractivity contribution in [2.75, 3.05) is 13.2 Å². The molecule has 2 aromatic rings. The Kier molecular flexibility index (Phi) is 5.48. The number of hydrogen-bond donors (Lipinski definition) is 1. The lowest BCUT2D eigenvalue weighted by molar-refractivity contribution is -0.122. The topological polar surface area (TPSA) is 69.0 Å². The first-order chi connectivity index (χ1) is 12.0. The predicted molar refractivity (Wildman–Crippen MR) is 95.2 cm³/mol. The molecule has 0 aromatic carbocycles. The molecule has 1 saturated heterocycles. The second-order valence-electron chi connectivity index (χ2n) is 6.80. The summed E-state index contributed by atoms with van der Waals surface area (Å²) >= 11 is 0. The number of aryl methyl sites for hydroxylation is 2. The van der Waals surface area contributed by atoms with E-state index >= 15 is 0 Å². The first-order valence-electron chi connectivity index (χ1n) is 8.79. The number of pyridine rings is 1. The molecule has 2 atom stereocenters. The van der Waals surface area contributed by atoms with E-state index < -0.39 is 0 Å². The third-order valence-corrected chi connectivity index (χ3v) is 5.05. The van der Waals surface area contributed by atoms with Crippen LogP contribution < -0.4 is 5.32 Å². The molecule has 6 nitrogen and oxygen atoms in total. The van der Waals surface area contributed by atoms with Crippen molar-refractivity contribution in [1.29, 1.82) is 0 Å². The largest absolute Gasteiger partial charge is 0.379 e. The van der Waals surface area contributed by atoms with E-state index in [1.165, 1.54) is 11.1 Å². The molecule has 1 fully saturated rings. The van der Waals surface area contributed by atoms with Gasteiger partial charge in [-0.1, -0.05) is 0 Å². The van der Waals surface area contributed by atoms with Crippen LogP contribution in [-0.2, 0) is 29.4 Å². The normalized spacial score (nSPS) is 20.0. The molecule has 25 heavy (non-hydrogen) atoms. The molecule has 1 amide bonds. The van der Waals surface area contributed by atoms with E-state index in [9.17, 15) is 4.79 Å². The second kappa shape index (κ2) is 7.78. The predicted octanol–water partition coefficient (Wildman–Crippen LogP) is 1.74. The van der Waals surface area contributed by atoms with Crippen LogP contribution >= 0.6 is 0 Å². The van der Waals surface area contributed by atoms with Gasteiger partial charge in [0.1, 0.15) is 0 Å². The number of nitrogens with one attached hydrogen (secondary N) is 1. The Balaban J connectivity index is 1.53. The first-order valence-corrected chi connectivity index (χ1v) is 8.79. The molecule has 3 heterocycles. The average molecular weight is 342 g/mol. The number of aromatic nitrogens is 3. The molecule has 1 aliphatic heterocycles. The van der Waals surface area contributed by atoms with Gasteiger partial charge >= 0.3 is 0 Å². The zero-order chi connectivity index (χ0) is 17.8. The molecule has 0 radical (unpaired) electrons. The summed E-state index contributed by atoms with van der Waals surface area (Å²) in [5.74, 6) is 0.395. The van der Waals surface area contributed by atoms with Gasteiger partial charge in [0.25, 0.3) is 0 Å². The van der Waals surface area contributed by atoms with E-state index in [1.54, 1.807) is 12.4 Å². The lowest BCUT2D eigenvalue weighted by atomic mass is 9.95. The fourth-order valence-electron chi connectivity index (χ4n) is 3.48. The Hall–Kier alpha value is -2.21. The van der Waals surface area contributed by atoms with E-state index in [-0.39, 0.29) is 11.9 Å². The van der Waals surface area contributed by atoms with Gasteiger partial charge in [0.05, 0.1) is 24.9 Å². The summed E-state index contributed by atoms with van der Waals surface area (Å²) in [6, 6.07) is 4.12. The van der Waals surface area contributed by atoms with Gasteiger partial charge in [-0.2, -0.15) is 5.10 Å². The van der Waals surface area contributed by atoms with E-state index in [1.807, 2.05) is 37.7 Å². The van der Waals surface area contributed by atoms with Crippen LogP contribution in [0.2, 0.25) is 0 Å². The highest BCUT2D eigenvalue weighted by atomic mass is 16.5. The molecule has 1 aliphatic rings. The van der Waals surface area contributed by atoms with Crippen molar-refractivity contribution in [1.82, 2.24) is 20.1 Å². The van der Waals surface area contributed by atoms with Crippen molar-refractivity contribution in [2.24, 2.45) is 13.0 Å². The minimum atomic E-state index is 0.0803. The minimum absolute atomic E-state index is 0.0803. The standard InChI is InChI=1S/C19H26N4O2/c1-13-17(14(2)23(3)22-13)4-5-19(24)21-18-12-25-11-16(18)10-15-6-8-20-9-7-15/h6-9,16,18H,4-5,10-12H2,1-3H3,(H,21,24)/t16-,18+/m1/s1. The minimum Gasteiger partial charge on any atom is -0.379 e. The summed E-state index contributed by atoms with van der Waals surface area (Å²) in [7, 11) is 1.94. The van der Waals surface area contributed by atoms with Crippen molar-refractivity contribution in [3.63, 3.8) is 0 Å². The molecule has 0 aliphatic carbocycles. The monoisotopic (exact) mass is 342 g/mol. The Morgan fingerprint density at radius 2 is 2.08 bits per heavy atom. The SMILES string of the molecule is Cc1nn(C)c(C)c1CCC(=O)N[C@H]1COC[C@H]1Cc1ccncc1. The quantitative estimate of drug-likeness (QED) is 0.868.